The Morgan fingerprint density at radius 2 is 1.52 bits per heavy atom. The molecule has 27 heavy (non-hydrogen) atoms. The SMILES string of the molecule is O=C(/C(N=Nc1cccc(C(F)(F)F)c1)=C(/O)c1ccccc1)C(F)(F)F. The van der Waals surface area contributed by atoms with E-state index in [0.29, 0.717) is 6.07 Å². The van der Waals surface area contributed by atoms with E-state index in [-0.39, 0.29) is 5.56 Å². The molecule has 2 aromatic carbocycles. The third-order valence-electron chi connectivity index (χ3n) is 3.18. The summed E-state index contributed by atoms with van der Waals surface area (Å²) in [5.74, 6) is -3.59. The standard InChI is InChI=1S/C17H10F6N2O2/c18-16(19,20)11-7-4-8-12(9-11)24-25-13(15(27)17(21,22)23)14(26)10-5-2-1-3-6-10/h1-9,26H/b14-13-,25-24?. The van der Waals surface area contributed by atoms with E-state index in [0.717, 1.165) is 18.2 Å². The number of alkyl halides is 6. The van der Waals surface area contributed by atoms with Gasteiger partial charge >= 0.3 is 12.4 Å². The molecule has 0 heterocycles. The lowest BCUT2D eigenvalue weighted by molar-refractivity contribution is -0.166. The lowest BCUT2D eigenvalue weighted by Gasteiger charge is -2.08. The van der Waals surface area contributed by atoms with Crippen molar-refractivity contribution in [3.05, 3.63) is 71.4 Å². The number of aliphatic hydroxyl groups excluding tert-OH is 1. The third-order valence-corrected chi connectivity index (χ3v) is 3.18. The molecule has 0 aliphatic carbocycles. The molecular weight excluding hydrogens is 378 g/mol. The van der Waals surface area contributed by atoms with Gasteiger partial charge in [-0.2, -0.15) is 31.5 Å². The van der Waals surface area contributed by atoms with Crippen molar-refractivity contribution in [3.8, 4) is 0 Å². The maximum absolute atomic E-state index is 12.8. The Morgan fingerprint density at radius 3 is 2.07 bits per heavy atom. The summed E-state index contributed by atoms with van der Waals surface area (Å²) in [4.78, 5) is 11.6. The Balaban J connectivity index is 2.50. The maximum atomic E-state index is 12.8. The number of allylic oxidation sites excluding steroid dienone is 1. The minimum absolute atomic E-state index is 0.145. The van der Waals surface area contributed by atoms with Crippen molar-refractivity contribution < 1.29 is 36.2 Å². The van der Waals surface area contributed by atoms with E-state index in [1.54, 1.807) is 0 Å². The van der Waals surface area contributed by atoms with E-state index < -0.39 is 40.8 Å². The van der Waals surface area contributed by atoms with E-state index >= 15 is 0 Å². The average molecular weight is 388 g/mol. The molecule has 0 unspecified atom stereocenters. The molecule has 2 aromatic rings. The van der Waals surface area contributed by atoms with E-state index in [1.807, 2.05) is 0 Å². The summed E-state index contributed by atoms with van der Waals surface area (Å²) in [7, 11) is 0. The molecule has 0 fully saturated rings. The van der Waals surface area contributed by atoms with Crippen LogP contribution in [-0.4, -0.2) is 17.1 Å². The van der Waals surface area contributed by atoms with Crippen LogP contribution in [0, 0.1) is 0 Å². The second-order valence-electron chi connectivity index (χ2n) is 5.14. The van der Waals surface area contributed by atoms with Gasteiger partial charge in [-0.3, -0.25) is 4.79 Å². The molecule has 0 atom stereocenters. The summed E-state index contributed by atoms with van der Waals surface area (Å²) < 4.78 is 76.4. The van der Waals surface area contributed by atoms with Gasteiger partial charge < -0.3 is 5.11 Å². The Hall–Kier alpha value is -3.17. The zero-order valence-electron chi connectivity index (χ0n) is 13.2. The fraction of sp³-hybridized carbons (Fsp3) is 0.118. The number of azo groups is 1. The molecule has 0 aliphatic heterocycles. The zero-order chi connectivity index (χ0) is 20.2. The van der Waals surface area contributed by atoms with E-state index in [2.05, 4.69) is 10.2 Å². The number of carbonyl (C=O) groups is 1. The van der Waals surface area contributed by atoms with Gasteiger partial charge in [0.15, 0.2) is 11.5 Å². The van der Waals surface area contributed by atoms with Crippen molar-refractivity contribution in [3.63, 3.8) is 0 Å². The maximum Gasteiger partial charge on any atom is 0.456 e. The van der Waals surface area contributed by atoms with Crippen LogP contribution in [-0.2, 0) is 11.0 Å². The first-order valence-electron chi connectivity index (χ1n) is 7.19. The smallest absolute Gasteiger partial charge is 0.456 e. The first-order valence-corrected chi connectivity index (χ1v) is 7.19. The van der Waals surface area contributed by atoms with Crippen molar-refractivity contribution in [2.45, 2.75) is 12.4 Å². The third kappa shape index (κ3) is 5.16. The summed E-state index contributed by atoms with van der Waals surface area (Å²) >= 11 is 0. The highest BCUT2D eigenvalue weighted by Crippen LogP contribution is 2.32. The molecule has 0 bridgehead atoms. The van der Waals surface area contributed by atoms with Crippen LogP contribution in [0.4, 0.5) is 32.0 Å². The van der Waals surface area contributed by atoms with Gasteiger partial charge in [-0.05, 0) is 18.2 Å². The van der Waals surface area contributed by atoms with Gasteiger partial charge in [0, 0.05) is 5.56 Å². The van der Waals surface area contributed by atoms with E-state index in [1.165, 1.54) is 30.3 Å². The van der Waals surface area contributed by atoms with Crippen LogP contribution in [0.5, 0.6) is 0 Å². The molecule has 0 aliphatic rings. The molecular formula is C17H10F6N2O2. The lowest BCUT2D eigenvalue weighted by atomic mass is 10.1. The quantitative estimate of drug-likeness (QED) is 0.309. The van der Waals surface area contributed by atoms with Crippen molar-refractivity contribution in [1.82, 2.24) is 0 Å². The van der Waals surface area contributed by atoms with E-state index in [9.17, 15) is 36.2 Å². The summed E-state index contributed by atoms with van der Waals surface area (Å²) in [6.45, 7) is 0. The molecule has 1 N–H and O–H groups in total. The Labute approximate surface area is 148 Å². The van der Waals surface area contributed by atoms with Gasteiger partial charge in [0.1, 0.15) is 0 Å². The van der Waals surface area contributed by atoms with Crippen LogP contribution < -0.4 is 0 Å². The normalized spacial score (nSPS) is 13.6. The Morgan fingerprint density at radius 1 is 0.889 bits per heavy atom. The molecule has 2 rings (SSSR count). The summed E-state index contributed by atoms with van der Waals surface area (Å²) in [6, 6.07) is 10.0. The molecule has 4 nitrogen and oxygen atoms in total. The number of hydrogen-bond acceptors (Lipinski definition) is 4. The monoisotopic (exact) mass is 388 g/mol. The highest BCUT2D eigenvalue weighted by molar-refractivity contribution is 6.04. The van der Waals surface area contributed by atoms with Gasteiger partial charge in [-0.1, -0.05) is 36.4 Å². The number of benzene rings is 2. The minimum Gasteiger partial charge on any atom is -0.505 e. The summed E-state index contributed by atoms with van der Waals surface area (Å²) in [5, 5.41) is 16.3. The Bertz CT molecular complexity index is 886. The van der Waals surface area contributed by atoms with Crippen LogP contribution in [0.25, 0.3) is 5.76 Å². The fourth-order valence-corrected chi connectivity index (χ4v) is 1.92. The first kappa shape index (κ1) is 20.1. The molecule has 0 aromatic heterocycles. The Kier molecular flexibility index (Phi) is 5.67. The number of carbonyl (C=O) groups excluding carboxylic acids is 1. The summed E-state index contributed by atoms with van der Waals surface area (Å²) in [6.07, 6.45) is -10.1. The number of halogens is 6. The molecule has 0 saturated heterocycles. The molecule has 10 heteroatoms. The number of aliphatic hydroxyl groups is 1. The second kappa shape index (κ2) is 7.60. The van der Waals surface area contributed by atoms with E-state index in [4.69, 9.17) is 0 Å². The van der Waals surface area contributed by atoms with Crippen LogP contribution in [0.1, 0.15) is 11.1 Å². The molecule has 0 spiro atoms. The number of rotatable bonds is 4. The van der Waals surface area contributed by atoms with Crippen LogP contribution in [0.15, 0.2) is 70.5 Å². The number of Topliss-reactive ketones (excluding diaryl/α,β-unsaturated/α-hetero) is 1. The first-order chi connectivity index (χ1) is 12.5. The van der Waals surface area contributed by atoms with Crippen molar-refractivity contribution in [2.24, 2.45) is 10.2 Å². The van der Waals surface area contributed by atoms with Crippen LogP contribution in [0.3, 0.4) is 0 Å². The number of ketones is 1. The molecule has 0 amide bonds. The predicted molar refractivity (Wildman–Crippen MR) is 83.0 cm³/mol. The highest BCUT2D eigenvalue weighted by atomic mass is 19.4. The molecule has 0 radical (unpaired) electrons. The van der Waals surface area contributed by atoms with Gasteiger partial charge in [0.2, 0.25) is 0 Å². The van der Waals surface area contributed by atoms with Gasteiger partial charge in [-0.15, -0.1) is 5.11 Å². The summed E-state index contributed by atoms with van der Waals surface area (Å²) in [5.41, 5.74) is -3.13. The minimum atomic E-state index is -5.37. The zero-order valence-corrected chi connectivity index (χ0v) is 13.2. The number of nitrogens with zero attached hydrogens (tertiary/aromatic N) is 2. The molecule has 142 valence electrons. The number of hydrogen-bond donors (Lipinski definition) is 1. The van der Waals surface area contributed by atoms with Crippen molar-refractivity contribution in [1.29, 1.82) is 0 Å². The molecule has 0 saturated carbocycles. The van der Waals surface area contributed by atoms with Gasteiger partial charge in [-0.25, -0.2) is 0 Å². The highest BCUT2D eigenvalue weighted by Gasteiger charge is 2.43. The van der Waals surface area contributed by atoms with Gasteiger partial charge in [0.05, 0.1) is 11.3 Å². The van der Waals surface area contributed by atoms with Crippen molar-refractivity contribution in [2.75, 3.05) is 0 Å². The van der Waals surface area contributed by atoms with Crippen LogP contribution in [0.2, 0.25) is 0 Å². The van der Waals surface area contributed by atoms with Crippen LogP contribution >= 0.6 is 0 Å². The second-order valence-corrected chi connectivity index (χ2v) is 5.14. The predicted octanol–water partition coefficient (Wildman–Crippen LogP) is 5.85. The average Bonchev–Trinajstić information content (AvgIpc) is 2.61. The largest absolute Gasteiger partial charge is 0.505 e. The van der Waals surface area contributed by atoms with Gasteiger partial charge in [0.25, 0.3) is 5.78 Å². The lowest BCUT2D eigenvalue weighted by Crippen LogP contribution is -2.24. The topological polar surface area (TPSA) is 62.0 Å². The fourth-order valence-electron chi connectivity index (χ4n) is 1.92. The van der Waals surface area contributed by atoms with Crippen molar-refractivity contribution >= 4 is 17.2 Å².